The zero-order valence-corrected chi connectivity index (χ0v) is 19.8. The summed E-state index contributed by atoms with van der Waals surface area (Å²) in [6.45, 7) is 3.09. The third-order valence-electron chi connectivity index (χ3n) is 7.11. The zero-order chi connectivity index (χ0) is 24.2. The smallest absolute Gasteiger partial charge is 0.257 e. The third kappa shape index (κ3) is 5.06. The predicted molar refractivity (Wildman–Crippen MR) is 125 cm³/mol. The lowest BCUT2D eigenvalue weighted by Gasteiger charge is -2.39. The van der Waals surface area contributed by atoms with Crippen molar-refractivity contribution in [2.45, 2.75) is 51.1 Å². The Labute approximate surface area is 198 Å². The molecule has 2 fully saturated rings. The van der Waals surface area contributed by atoms with Crippen LogP contribution >= 0.6 is 0 Å². The second-order valence-corrected chi connectivity index (χ2v) is 9.25. The number of hydrogen-bond donors (Lipinski definition) is 2. The van der Waals surface area contributed by atoms with Crippen LogP contribution in [0.15, 0.2) is 24.5 Å². The molecule has 1 unspecified atom stereocenters. The lowest BCUT2D eigenvalue weighted by Crippen LogP contribution is -2.59. The van der Waals surface area contributed by atoms with Crippen molar-refractivity contribution in [3.8, 4) is 0 Å². The number of pyridine rings is 1. The van der Waals surface area contributed by atoms with Crippen LogP contribution in [0.4, 0.5) is 4.39 Å². The molecule has 2 aromatic heterocycles. The second kappa shape index (κ2) is 10.5. The van der Waals surface area contributed by atoms with Crippen molar-refractivity contribution in [3.63, 3.8) is 0 Å². The van der Waals surface area contributed by atoms with Crippen molar-refractivity contribution in [1.29, 1.82) is 0 Å². The molecule has 0 aromatic carbocycles. The van der Waals surface area contributed by atoms with Crippen LogP contribution in [0.5, 0.6) is 0 Å². The molecule has 4 rings (SSSR count). The van der Waals surface area contributed by atoms with Crippen LogP contribution in [0, 0.1) is 11.7 Å². The van der Waals surface area contributed by atoms with E-state index in [4.69, 9.17) is 0 Å². The summed E-state index contributed by atoms with van der Waals surface area (Å²) in [4.78, 5) is 42.3. The van der Waals surface area contributed by atoms with Crippen LogP contribution in [-0.2, 0) is 9.59 Å². The largest absolute Gasteiger partial charge is 0.343 e. The summed E-state index contributed by atoms with van der Waals surface area (Å²) in [7, 11) is 1.71. The third-order valence-corrected chi connectivity index (χ3v) is 7.11. The Hall–Kier alpha value is -3.01. The van der Waals surface area contributed by atoms with Gasteiger partial charge in [0.25, 0.3) is 5.91 Å². The summed E-state index contributed by atoms with van der Waals surface area (Å²) in [6, 6.07) is 2.25. The van der Waals surface area contributed by atoms with Gasteiger partial charge in [-0.05, 0) is 44.9 Å². The molecule has 3 amide bonds. The van der Waals surface area contributed by atoms with Gasteiger partial charge in [-0.3, -0.25) is 14.4 Å². The topological polar surface area (TPSA) is 99.0 Å². The normalized spacial score (nSPS) is 19.1. The number of amides is 3. The number of halogens is 1. The SMILES string of the molecule is CN[C@@H](C)C(=O)NC(C(=O)N1CCN(C(=O)c2cc3ccnn3cc2F)CC1)C1CCCCC1. The van der Waals surface area contributed by atoms with Gasteiger partial charge >= 0.3 is 0 Å². The maximum atomic E-state index is 14.5. The van der Waals surface area contributed by atoms with E-state index in [1.165, 1.54) is 16.8 Å². The van der Waals surface area contributed by atoms with E-state index >= 15 is 0 Å². The maximum absolute atomic E-state index is 14.5. The minimum atomic E-state index is -0.626. The van der Waals surface area contributed by atoms with E-state index in [2.05, 4.69) is 15.7 Å². The number of piperazine rings is 1. The second-order valence-electron chi connectivity index (χ2n) is 9.25. The molecule has 1 aliphatic heterocycles. The van der Waals surface area contributed by atoms with Crippen LogP contribution in [0.2, 0.25) is 0 Å². The first-order chi connectivity index (χ1) is 16.4. The molecule has 0 spiro atoms. The van der Waals surface area contributed by atoms with Crippen molar-refractivity contribution in [2.24, 2.45) is 5.92 Å². The quantitative estimate of drug-likeness (QED) is 0.663. The Morgan fingerprint density at radius 3 is 2.44 bits per heavy atom. The van der Waals surface area contributed by atoms with Crippen molar-refractivity contribution in [1.82, 2.24) is 30.0 Å². The number of aromatic nitrogens is 2. The Balaban J connectivity index is 1.42. The summed E-state index contributed by atoms with van der Waals surface area (Å²) >= 11 is 0. The predicted octanol–water partition coefficient (Wildman–Crippen LogP) is 1.43. The molecular formula is C24H33FN6O3. The van der Waals surface area contributed by atoms with Gasteiger partial charge in [0.15, 0.2) is 5.82 Å². The van der Waals surface area contributed by atoms with Crippen LogP contribution in [0.25, 0.3) is 5.52 Å². The first-order valence-electron chi connectivity index (χ1n) is 12.1. The van der Waals surface area contributed by atoms with Gasteiger partial charge in [-0.2, -0.15) is 5.10 Å². The molecule has 1 saturated carbocycles. The molecule has 34 heavy (non-hydrogen) atoms. The van der Waals surface area contributed by atoms with Crippen LogP contribution in [0.1, 0.15) is 49.4 Å². The lowest BCUT2D eigenvalue weighted by atomic mass is 9.83. The van der Waals surface area contributed by atoms with Gasteiger partial charge in [0.1, 0.15) is 6.04 Å². The molecule has 2 aliphatic rings. The van der Waals surface area contributed by atoms with E-state index in [0.29, 0.717) is 31.7 Å². The van der Waals surface area contributed by atoms with Gasteiger partial charge in [0.05, 0.1) is 23.3 Å². The van der Waals surface area contributed by atoms with E-state index < -0.39 is 23.8 Å². The summed E-state index contributed by atoms with van der Waals surface area (Å²) in [5.74, 6) is -1.19. The van der Waals surface area contributed by atoms with E-state index in [1.807, 2.05) is 0 Å². The fraction of sp³-hybridized carbons (Fsp3) is 0.583. The molecule has 9 nitrogen and oxygen atoms in total. The summed E-state index contributed by atoms with van der Waals surface area (Å²) in [5.41, 5.74) is 0.640. The molecule has 3 heterocycles. The van der Waals surface area contributed by atoms with E-state index in [-0.39, 0.29) is 23.3 Å². The Morgan fingerprint density at radius 1 is 1.09 bits per heavy atom. The molecule has 0 bridgehead atoms. The molecule has 1 saturated heterocycles. The Bertz CT molecular complexity index is 1040. The number of rotatable bonds is 6. The summed E-state index contributed by atoms with van der Waals surface area (Å²) in [6.07, 6.45) is 7.85. The van der Waals surface area contributed by atoms with Crippen molar-refractivity contribution in [2.75, 3.05) is 33.2 Å². The maximum Gasteiger partial charge on any atom is 0.257 e. The first kappa shape index (κ1) is 24.1. The van der Waals surface area contributed by atoms with Crippen LogP contribution in [-0.4, -0.2) is 82.4 Å². The van der Waals surface area contributed by atoms with E-state index in [0.717, 1.165) is 32.1 Å². The number of hydrogen-bond acceptors (Lipinski definition) is 5. The number of carbonyl (C=O) groups is 3. The number of nitrogens with one attached hydrogen (secondary N) is 2. The standard InChI is InChI=1S/C24H33FN6O3/c1-16(26-2)22(32)28-21(17-6-4-3-5-7-17)24(34)30-12-10-29(11-13-30)23(33)19-14-18-8-9-27-31(18)15-20(19)25/h8-9,14-17,21,26H,3-7,10-13H2,1-2H3,(H,28,32)/t16-,21?/m0/s1. The van der Waals surface area contributed by atoms with Gasteiger partial charge in [-0.15, -0.1) is 0 Å². The lowest BCUT2D eigenvalue weighted by molar-refractivity contribution is -0.140. The monoisotopic (exact) mass is 472 g/mol. The first-order valence-corrected chi connectivity index (χ1v) is 12.1. The molecule has 2 atom stereocenters. The van der Waals surface area contributed by atoms with E-state index in [1.54, 1.807) is 36.0 Å². The number of carbonyl (C=O) groups excluding carboxylic acids is 3. The fourth-order valence-electron chi connectivity index (χ4n) is 4.86. The summed E-state index contributed by atoms with van der Waals surface area (Å²) in [5, 5.41) is 9.89. The number of likely N-dealkylation sites (N-methyl/N-ethyl adjacent to an activating group) is 1. The van der Waals surface area contributed by atoms with Gasteiger partial charge < -0.3 is 20.4 Å². The molecule has 1 aliphatic carbocycles. The molecule has 10 heteroatoms. The molecule has 184 valence electrons. The van der Waals surface area contributed by atoms with Crippen molar-refractivity contribution >= 4 is 23.2 Å². The van der Waals surface area contributed by atoms with Crippen molar-refractivity contribution in [3.05, 3.63) is 35.9 Å². The summed E-state index contributed by atoms with van der Waals surface area (Å²) < 4.78 is 15.9. The molecule has 2 N–H and O–H groups in total. The van der Waals surface area contributed by atoms with Crippen molar-refractivity contribution < 1.29 is 18.8 Å². The van der Waals surface area contributed by atoms with Crippen LogP contribution in [0.3, 0.4) is 0 Å². The Kier molecular flexibility index (Phi) is 7.45. The zero-order valence-electron chi connectivity index (χ0n) is 19.8. The average molecular weight is 473 g/mol. The van der Waals surface area contributed by atoms with Gasteiger partial charge in [0.2, 0.25) is 11.8 Å². The highest BCUT2D eigenvalue weighted by atomic mass is 19.1. The molecule has 0 radical (unpaired) electrons. The van der Waals surface area contributed by atoms with E-state index in [9.17, 15) is 18.8 Å². The minimum Gasteiger partial charge on any atom is -0.343 e. The molecular weight excluding hydrogens is 439 g/mol. The van der Waals surface area contributed by atoms with Gasteiger partial charge in [-0.1, -0.05) is 19.3 Å². The minimum absolute atomic E-state index is 0.00109. The van der Waals surface area contributed by atoms with Crippen LogP contribution < -0.4 is 10.6 Å². The van der Waals surface area contributed by atoms with Gasteiger partial charge in [0, 0.05) is 32.4 Å². The average Bonchev–Trinajstić information content (AvgIpc) is 3.33. The highest BCUT2D eigenvalue weighted by Gasteiger charge is 2.36. The Morgan fingerprint density at radius 2 is 1.76 bits per heavy atom. The molecule has 2 aromatic rings. The highest BCUT2D eigenvalue weighted by molar-refractivity contribution is 5.96. The fourth-order valence-corrected chi connectivity index (χ4v) is 4.86. The highest BCUT2D eigenvalue weighted by Crippen LogP contribution is 2.28. The number of nitrogens with zero attached hydrogens (tertiary/aromatic N) is 4. The number of fused-ring (bicyclic) bond motifs is 1. The van der Waals surface area contributed by atoms with Gasteiger partial charge in [-0.25, -0.2) is 8.91 Å².